The number of nitrogens with one attached hydrogen (secondary N) is 1. The van der Waals surface area contributed by atoms with Gasteiger partial charge in [0.15, 0.2) is 23.6 Å². The Kier molecular flexibility index (Phi) is 12.9. The van der Waals surface area contributed by atoms with Crippen LogP contribution in [0.5, 0.6) is 0 Å². The van der Waals surface area contributed by atoms with Crippen LogP contribution < -0.4 is 5.32 Å². The number of carbonyl (C=O) groups excluding carboxylic acids is 5. The molecule has 2 bridgehead atoms. The Morgan fingerprint density at radius 1 is 0.921 bits per heavy atom. The second-order valence-corrected chi connectivity index (χ2v) is 17.5. The summed E-state index contributed by atoms with van der Waals surface area (Å²) in [4.78, 5) is 69.8. The van der Waals surface area contributed by atoms with Crippen molar-refractivity contribution in [3.63, 3.8) is 0 Å². The van der Waals surface area contributed by atoms with Crippen molar-refractivity contribution < 1.29 is 71.8 Å². The van der Waals surface area contributed by atoms with Gasteiger partial charge in [-0.3, -0.25) is 19.2 Å². The molecule has 1 aromatic heterocycles. The fraction of sp³-hybridized carbons (Fsp3) is 0.511. The Morgan fingerprint density at radius 2 is 1.60 bits per heavy atom. The highest BCUT2D eigenvalue weighted by Crippen LogP contribution is 2.65. The molecule has 16 nitrogen and oxygen atoms in total. The zero-order valence-electron chi connectivity index (χ0n) is 36.4. The average molecular weight is 874 g/mol. The molecule has 1 amide bonds. The second-order valence-electron chi connectivity index (χ2n) is 17.5. The molecule has 3 fully saturated rings. The van der Waals surface area contributed by atoms with Crippen LogP contribution in [0.25, 0.3) is 0 Å². The zero-order chi connectivity index (χ0) is 45.5. The van der Waals surface area contributed by atoms with Crippen LogP contribution in [0.2, 0.25) is 0 Å². The lowest BCUT2D eigenvalue weighted by atomic mass is 9.44. The summed E-state index contributed by atoms with van der Waals surface area (Å²) in [6.07, 6.45) is -7.39. The first-order chi connectivity index (χ1) is 29.9. The molecule has 11 atom stereocenters. The van der Waals surface area contributed by atoms with Gasteiger partial charge in [-0.2, -0.15) is 0 Å². The number of ether oxygens (including phenoxy) is 7. The predicted molar refractivity (Wildman–Crippen MR) is 220 cm³/mol. The Morgan fingerprint density at radius 3 is 2.19 bits per heavy atom. The van der Waals surface area contributed by atoms with Crippen molar-refractivity contribution in [3.05, 3.63) is 107 Å². The summed E-state index contributed by atoms with van der Waals surface area (Å²) >= 11 is 0. The van der Waals surface area contributed by atoms with Crippen molar-refractivity contribution in [1.82, 2.24) is 5.32 Å². The second kappa shape index (κ2) is 17.7. The molecule has 2 unspecified atom stereocenters. The molecular formula is C47H55NO15. The molecule has 0 spiro atoms. The number of carbonyl (C=O) groups is 5. The smallest absolute Gasteiger partial charge is 0.338 e. The molecule has 338 valence electrons. The van der Waals surface area contributed by atoms with Gasteiger partial charge in [0, 0.05) is 50.7 Å². The first kappa shape index (κ1) is 45.8. The number of rotatable bonds is 14. The summed E-state index contributed by atoms with van der Waals surface area (Å²) < 4.78 is 48.6. The molecule has 4 aliphatic rings. The molecule has 2 heterocycles. The number of aliphatic hydroxyl groups is 2. The maximum absolute atomic E-state index is 15.9. The third kappa shape index (κ3) is 8.01. The number of hydrogen-bond donors (Lipinski definition) is 3. The van der Waals surface area contributed by atoms with Gasteiger partial charge < -0.3 is 53.1 Å². The highest BCUT2D eigenvalue weighted by Gasteiger charge is 2.78. The number of esters is 3. The summed E-state index contributed by atoms with van der Waals surface area (Å²) in [6, 6.07) is 18.9. The van der Waals surface area contributed by atoms with E-state index in [1.54, 1.807) is 58.0 Å². The van der Waals surface area contributed by atoms with Crippen LogP contribution in [-0.2, 0) is 58.9 Å². The normalized spacial score (nSPS) is 31.7. The van der Waals surface area contributed by atoms with Gasteiger partial charge in [0.1, 0.15) is 36.4 Å². The van der Waals surface area contributed by atoms with E-state index < -0.39 is 100 Å². The minimum atomic E-state index is -2.14. The molecule has 7 rings (SSSR count). The van der Waals surface area contributed by atoms with Crippen LogP contribution in [-0.4, -0.2) is 108 Å². The molecule has 16 heteroatoms. The largest absolute Gasteiger partial charge is 0.467 e. The Balaban J connectivity index is 1.39. The van der Waals surface area contributed by atoms with Crippen LogP contribution >= 0.6 is 0 Å². The van der Waals surface area contributed by atoms with E-state index in [0.717, 1.165) is 6.92 Å². The van der Waals surface area contributed by atoms with Crippen molar-refractivity contribution in [1.29, 1.82) is 0 Å². The van der Waals surface area contributed by atoms with Gasteiger partial charge in [-0.1, -0.05) is 62.4 Å². The van der Waals surface area contributed by atoms with Crippen LogP contribution in [0, 0.1) is 16.7 Å². The van der Waals surface area contributed by atoms with Gasteiger partial charge >= 0.3 is 17.9 Å². The standard InChI is InChI=1S/C47H55NO15/c1-26-32(62-43(54)37(51)36(31-19-14-20-57-31)48-42(53)30-17-12-9-13-18-30)22-47(55)41(58-23-29-15-10-8-11-16-29)39-45(6,40(52)38(61-27(2)49)35(26)44(47,4)5)33(60-25-56-7)21-34-46(39,24-59-34)63-28(3)50/h8-20,32-34,36-39,41,51,55H,21-25H2,1-7H3,(H,48,53)/t32?,33-,34+,36-,37+,38+,39?,41-,45+,46-,47+/m0/s1. The molecule has 0 radical (unpaired) electrons. The van der Waals surface area contributed by atoms with Crippen molar-refractivity contribution >= 4 is 29.6 Å². The van der Waals surface area contributed by atoms with E-state index in [0.29, 0.717) is 5.56 Å². The monoisotopic (exact) mass is 873 g/mol. The van der Waals surface area contributed by atoms with Crippen molar-refractivity contribution in [2.24, 2.45) is 16.7 Å². The number of ketones is 1. The Hall–Kier alpha value is -5.23. The van der Waals surface area contributed by atoms with Crippen molar-refractivity contribution in [2.45, 2.75) is 115 Å². The number of amides is 1. The lowest BCUT2D eigenvalue weighted by molar-refractivity contribution is -0.357. The summed E-state index contributed by atoms with van der Waals surface area (Å²) in [5.41, 5.74) is -5.58. The molecular weight excluding hydrogens is 819 g/mol. The predicted octanol–water partition coefficient (Wildman–Crippen LogP) is 4.32. The summed E-state index contributed by atoms with van der Waals surface area (Å²) in [5.74, 6) is -5.15. The zero-order valence-corrected chi connectivity index (χ0v) is 36.4. The Bertz CT molecular complexity index is 2210. The third-order valence-corrected chi connectivity index (χ3v) is 13.6. The summed E-state index contributed by atoms with van der Waals surface area (Å²) in [7, 11) is 1.43. The first-order valence-electron chi connectivity index (χ1n) is 20.9. The number of methoxy groups -OCH3 is 1. The highest BCUT2D eigenvalue weighted by atomic mass is 16.7. The lowest BCUT2D eigenvalue weighted by Crippen LogP contribution is -2.82. The summed E-state index contributed by atoms with van der Waals surface area (Å²) in [5, 5.41) is 28.3. The number of hydrogen-bond acceptors (Lipinski definition) is 15. The van der Waals surface area contributed by atoms with E-state index in [1.807, 2.05) is 30.3 Å². The molecule has 3 N–H and O–H groups in total. The number of aliphatic hydroxyl groups excluding tert-OH is 1. The molecule has 3 aromatic rings. The molecule has 3 aliphatic carbocycles. The van der Waals surface area contributed by atoms with Crippen molar-refractivity contribution in [3.8, 4) is 0 Å². The van der Waals surface area contributed by atoms with Crippen LogP contribution in [0.3, 0.4) is 0 Å². The number of furan rings is 1. The van der Waals surface area contributed by atoms with E-state index >= 15 is 4.79 Å². The SMILES string of the molecule is COCO[C@H]1C[C@H]2OC[C@@]2(OC(C)=O)C2[C@H](OCc3ccccc3)[C@]3(O)CC(OC(=O)[C@H](O)[C@@H](NC(=O)c4ccccc4)c4ccco4)C(C)=C([C@@H](OC(C)=O)C(=O)[C@@]21C)C3(C)C. The number of benzene rings is 2. The molecule has 2 saturated carbocycles. The molecule has 63 heavy (non-hydrogen) atoms. The number of fused-ring (bicyclic) bond motifs is 5. The van der Waals surface area contributed by atoms with Gasteiger partial charge in [0.05, 0.1) is 37.1 Å². The van der Waals surface area contributed by atoms with E-state index in [4.69, 9.17) is 37.6 Å². The molecule has 1 aliphatic heterocycles. The molecule has 1 saturated heterocycles. The van der Waals surface area contributed by atoms with Gasteiger partial charge in [-0.15, -0.1) is 0 Å². The van der Waals surface area contributed by atoms with E-state index in [1.165, 1.54) is 32.4 Å². The van der Waals surface area contributed by atoms with Crippen molar-refractivity contribution in [2.75, 3.05) is 20.5 Å². The highest BCUT2D eigenvalue weighted by molar-refractivity contribution is 5.96. The fourth-order valence-electron chi connectivity index (χ4n) is 10.4. The fourth-order valence-corrected chi connectivity index (χ4v) is 10.4. The van der Waals surface area contributed by atoms with E-state index in [2.05, 4.69) is 5.32 Å². The first-order valence-corrected chi connectivity index (χ1v) is 20.9. The number of Topliss-reactive ketones (excluding diaryl/α,β-unsaturated/α-hetero) is 1. The van der Waals surface area contributed by atoms with Gasteiger partial charge in [-0.25, -0.2) is 4.79 Å². The van der Waals surface area contributed by atoms with Gasteiger partial charge in [0.25, 0.3) is 5.91 Å². The van der Waals surface area contributed by atoms with Crippen LogP contribution in [0.1, 0.15) is 82.1 Å². The van der Waals surface area contributed by atoms with E-state index in [-0.39, 0.29) is 55.3 Å². The lowest BCUT2D eigenvalue weighted by Gasteiger charge is -2.68. The quantitative estimate of drug-likeness (QED) is 0.0891. The van der Waals surface area contributed by atoms with Crippen LogP contribution in [0.15, 0.2) is 94.6 Å². The minimum Gasteiger partial charge on any atom is -0.467 e. The average Bonchev–Trinajstić information content (AvgIpc) is 3.78. The maximum Gasteiger partial charge on any atom is 0.338 e. The molecule has 2 aromatic carbocycles. The minimum absolute atomic E-state index is 0.0529. The van der Waals surface area contributed by atoms with Gasteiger partial charge in [-0.05, 0) is 54.8 Å². The summed E-state index contributed by atoms with van der Waals surface area (Å²) in [6.45, 7) is 8.49. The topological polar surface area (TPSA) is 216 Å². The maximum atomic E-state index is 15.9. The van der Waals surface area contributed by atoms with Gasteiger partial charge in [0.2, 0.25) is 0 Å². The Labute approximate surface area is 365 Å². The third-order valence-electron chi connectivity index (χ3n) is 13.6. The van der Waals surface area contributed by atoms with E-state index in [9.17, 15) is 29.4 Å². The van der Waals surface area contributed by atoms with Crippen LogP contribution in [0.4, 0.5) is 0 Å².